The molecule has 1 saturated heterocycles. The Kier molecular flexibility index (Phi) is 6.22. The number of carbonyl (C=O) groups excluding carboxylic acids is 3. The van der Waals surface area contributed by atoms with Crippen molar-refractivity contribution < 1.29 is 18.8 Å². The van der Waals surface area contributed by atoms with Crippen molar-refractivity contribution in [3.05, 3.63) is 54.5 Å². The Labute approximate surface area is 156 Å². The summed E-state index contributed by atoms with van der Waals surface area (Å²) in [6.07, 6.45) is 1.25. The third kappa shape index (κ3) is 5.18. The predicted molar refractivity (Wildman–Crippen MR) is 99.1 cm³/mol. The Balaban J connectivity index is 1.69. The molecule has 1 aliphatic rings. The maximum absolute atomic E-state index is 12.7. The lowest BCUT2D eigenvalue weighted by Gasteiger charge is -2.29. The van der Waals surface area contributed by atoms with E-state index >= 15 is 0 Å². The number of carbonyl (C=O) groups is 3. The van der Waals surface area contributed by atoms with Crippen LogP contribution in [0.3, 0.4) is 0 Å². The number of para-hydroxylation sites is 1. The first-order valence-electron chi connectivity index (χ1n) is 8.82. The van der Waals surface area contributed by atoms with Crippen LogP contribution in [0.25, 0.3) is 0 Å². The summed E-state index contributed by atoms with van der Waals surface area (Å²) in [4.78, 5) is 39.3. The number of anilines is 1. The molecule has 1 aromatic carbocycles. The predicted octanol–water partition coefficient (Wildman–Crippen LogP) is 0.839. The minimum Gasteiger partial charge on any atom is -0.459 e. The Bertz CT molecular complexity index is 770. The second-order valence-electron chi connectivity index (χ2n) is 6.19. The van der Waals surface area contributed by atoms with E-state index in [2.05, 4.69) is 16.0 Å². The summed E-state index contributed by atoms with van der Waals surface area (Å²) in [5, 5.41) is 8.51. The van der Waals surface area contributed by atoms with Crippen LogP contribution in [0.1, 0.15) is 17.0 Å². The van der Waals surface area contributed by atoms with Gasteiger partial charge in [-0.05, 0) is 24.3 Å². The van der Waals surface area contributed by atoms with E-state index in [9.17, 15) is 14.4 Å². The van der Waals surface area contributed by atoms with Crippen molar-refractivity contribution in [3.8, 4) is 0 Å². The molecule has 3 N–H and O–H groups in total. The zero-order valence-corrected chi connectivity index (χ0v) is 14.8. The number of piperazine rings is 1. The molecule has 142 valence electrons. The quantitative estimate of drug-likeness (QED) is 0.699. The number of hydrogen-bond acceptors (Lipinski definition) is 5. The Hall–Kier alpha value is -3.13. The lowest BCUT2D eigenvalue weighted by Crippen LogP contribution is -2.51. The van der Waals surface area contributed by atoms with Crippen molar-refractivity contribution in [3.63, 3.8) is 0 Å². The molecule has 27 heavy (non-hydrogen) atoms. The fraction of sp³-hybridized carbons (Fsp3) is 0.316. The van der Waals surface area contributed by atoms with E-state index in [1.165, 1.54) is 12.3 Å². The zero-order chi connectivity index (χ0) is 19.1. The minimum atomic E-state index is -1.01. The normalized spacial score (nSPS) is 15.0. The summed E-state index contributed by atoms with van der Waals surface area (Å²) in [7, 11) is 0. The second-order valence-corrected chi connectivity index (χ2v) is 6.19. The zero-order valence-electron chi connectivity index (χ0n) is 14.8. The largest absolute Gasteiger partial charge is 0.459 e. The van der Waals surface area contributed by atoms with Crippen LogP contribution in [0, 0.1) is 0 Å². The van der Waals surface area contributed by atoms with Crippen LogP contribution in [-0.2, 0) is 9.59 Å². The Morgan fingerprint density at radius 2 is 1.81 bits per heavy atom. The van der Waals surface area contributed by atoms with E-state index in [1.807, 2.05) is 6.07 Å². The number of nitrogens with one attached hydrogen (secondary N) is 3. The molecule has 1 aromatic heterocycles. The summed E-state index contributed by atoms with van der Waals surface area (Å²) < 4.78 is 5.07. The number of amides is 3. The third-order valence-corrected chi connectivity index (χ3v) is 4.26. The third-order valence-electron chi connectivity index (χ3n) is 4.26. The van der Waals surface area contributed by atoms with E-state index in [0.29, 0.717) is 31.9 Å². The van der Waals surface area contributed by atoms with Gasteiger partial charge in [0, 0.05) is 31.9 Å². The smallest absolute Gasteiger partial charge is 0.287 e. The summed E-state index contributed by atoms with van der Waals surface area (Å²) >= 11 is 0. The Morgan fingerprint density at radius 3 is 2.48 bits per heavy atom. The number of nitrogens with zero attached hydrogens (tertiary/aromatic N) is 1. The van der Waals surface area contributed by atoms with Crippen LogP contribution in [0.4, 0.5) is 5.69 Å². The van der Waals surface area contributed by atoms with Crippen LogP contribution in [0.15, 0.2) is 53.1 Å². The van der Waals surface area contributed by atoms with Gasteiger partial charge in [-0.1, -0.05) is 18.2 Å². The summed E-state index contributed by atoms with van der Waals surface area (Å²) in [5.74, 6) is -1.09. The molecule has 2 aromatic rings. The molecular weight excluding hydrogens is 348 g/mol. The lowest BCUT2D eigenvalue weighted by molar-refractivity contribution is -0.134. The highest BCUT2D eigenvalue weighted by Crippen LogP contribution is 2.09. The topological polar surface area (TPSA) is 104 Å². The fourth-order valence-electron chi connectivity index (χ4n) is 2.82. The van der Waals surface area contributed by atoms with Gasteiger partial charge in [-0.2, -0.15) is 0 Å². The van der Waals surface area contributed by atoms with Gasteiger partial charge >= 0.3 is 0 Å². The molecule has 3 rings (SSSR count). The number of benzene rings is 1. The van der Waals surface area contributed by atoms with Gasteiger partial charge < -0.3 is 25.3 Å². The van der Waals surface area contributed by atoms with Crippen molar-refractivity contribution in [2.24, 2.45) is 0 Å². The minimum absolute atomic E-state index is 0.0853. The molecule has 1 aliphatic heterocycles. The van der Waals surface area contributed by atoms with Crippen LogP contribution in [0.2, 0.25) is 0 Å². The highest BCUT2D eigenvalue weighted by Gasteiger charge is 2.28. The van der Waals surface area contributed by atoms with Gasteiger partial charge in [0.2, 0.25) is 11.8 Å². The molecular formula is C19H22N4O4. The first kappa shape index (κ1) is 18.7. The molecule has 8 nitrogen and oxygen atoms in total. The van der Waals surface area contributed by atoms with Crippen molar-refractivity contribution in [1.29, 1.82) is 0 Å². The number of hydrogen-bond donors (Lipinski definition) is 3. The molecule has 1 atom stereocenters. The molecule has 1 unspecified atom stereocenters. The van der Waals surface area contributed by atoms with Crippen LogP contribution in [0.5, 0.6) is 0 Å². The summed E-state index contributed by atoms with van der Waals surface area (Å²) in [5.41, 5.74) is 0.592. The molecule has 0 bridgehead atoms. The van der Waals surface area contributed by atoms with Crippen molar-refractivity contribution in [1.82, 2.24) is 15.5 Å². The van der Waals surface area contributed by atoms with E-state index in [0.717, 1.165) is 0 Å². The van der Waals surface area contributed by atoms with Crippen molar-refractivity contribution in [2.45, 2.75) is 12.5 Å². The average molecular weight is 370 g/mol. The molecule has 0 saturated carbocycles. The molecule has 3 amide bonds. The van der Waals surface area contributed by atoms with Crippen molar-refractivity contribution >= 4 is 23.4 Å². The van der Waals surface area contributed by atoms with Gasteiger partial charge in [-0.3, -0.25) is 14.4 Å². The Morgan fingerprint density at radius 1 is 1.07 bits per heavy atom. The van der Waals surface area contributed by atoms with Crippen LogP contribution in [-0.4, -0.2) is 54.8 Å². The maximum Gasteiger partial charge on any atom is 0.287 e. The van der Waals surface area contributed by atoms with Gasteiger partial charge in [0.15, 0.2) is 5.76 Å². The highest BCUT2D eigenvalue weighted by atomic mass is 16.3. The van der Waals surface area contributed by atoms with E-state index in [-0.39, 0.29) is 18.1 Å². The number of furan rings is 1. The van der Waals surface area contributed by atoms with E-state index < -0.39 is 17.9 Å². The molecule has 0 spiro atoms. The van der Waals surface area contributed by atoms with Gasteiger partial charge in [0.25, 0.3) is 5.91 Å². The van der Waals surface area contributed by atoms with Gasteiger partial charge in [-0.25, -0.2) is 0 Å². The van der Waals surface area contributed by atoms with E-state index in [4.69, 9.17) is 4.42 Å². The summed E-state index contributed by atoms with van der Waals surface area (Å²) in [6, 6.07) is 11.0. The van der Waals surface area contributed by atoms with Gasteiger partial charge in [-0.15, -0.1) is 0 Å². The fourth-order valence-corrected chi connectivity index (χ4v) is 2.82. The van der Waals surface area contributed by atoms with Crippen LogP contribution < -0.4 is 16.0 Å². The van der Waals surface area contributed by atoms with E-state index in [1.54, 1.807) is 35.2 Å². The lowest BCUT2D eigenvalue weighted by atomic mass is 10.1. The van der Waals surface area contributed by atoms with Gasteiger partial charge in [0.1, 0.15) is 6.04 Å². The SMILES string of the molecule is O=C(NC(CC(=O)N1CCNCC1)C(=O)Nc1ccccc1)c1ccco1. The standard InChI is InChI=1S/C19H22N4O4/c24-17(23-10-8-20-9-11-23)13-15(22-19(26)16-7-4-12-27-16)18(25)21-14-5-2-1-3-6-14/h1-7,12,15,20H,8-11,13H2,(H,21,25)(H,22,26). The van der Waals surface area contributed by atoms with Gasteiger partial charge in [0.05, 0.1) is 12.7 Å². The molecule has 0 radical (unpaired) electrons. The molecule has 8 heteroatoms. The monoisotopic (exact) mass is 370 g/mol. The average Bonchev–Trinajstić information content (AvgIpc) is 3.24. The molecule has 1 fully saturated rings. The summed E-state index contributed by atoms with van der Waals surface area (Å²) in [6.45, 7) is 2.59. The first-order chi connectivity index (χ1) is 13.1. The molecule has 2 heterocycles. The first-order valence-corrected chi connectivity index (χ1v) is 8.82. The second kappa shape index (κ2) is 9.00. The maximum atomic E-state index is 12.7. The molecule has 0 aliphatic carbocycles. The van der Waals surface area contributed by atoms with Crippen LogP contribution >= 0.6 is 0 Å². The van der Waals surface area contributed by atoms with Crippen molar-refractivity contribution in [2.75, 3.05) is 31.5 Å². The highest BCUT2D eigenvalue weighted by molar-refractivity contribution is 6.02. The number of rotatable bonds is 6.